The second-order valence-corrected chi connectivity index (χ2v) is 6.30. The molecule has 3 N–H and O–H groups in total. The van der Waals surface area contributed by atoms with Crippen LogP contribution in [-0.2, 0) is 4.79 Å². The van der Waals surface area contributed by atoms with E-state index in [-0.39, 0.29) is 17.8 Å². The molecule has 1 atom stereocenters. The molecular formula is C15H23FN2OS. The summed E-state index contributed by atoms with van der Waals surface area (Å²) in [6.07, 6.45) is 1.25. The summed E-state index contributed by atoms with van der Waals surface area (Å²) in [5.74, 6) is 0.797. The lowest BCUT2D eigenvalue weighted by Gasteiger charge is -2.18. The highest BCUT2D eigenvalue weighted by atomic mass is 32.2. The first kappa shape index (κ1) is 17.0. The molecule has 1 aromatic rings. The van der Waals surface area contributed by atoms with E-state index in [1.165, 1.54) is 17.8 Å². The van der Waals surface area contributed by atoms with Crippen LogP contribution in [0.25, 0.3) is 0 Å². The van der Waals surface area contributed by atoms with Crippen LogP contribution in [0.1, 0.15) is 26.7 Å². The lowest BCUT2D eigenvalue weighted by atomic mass is 10.0. The quantitative estimate of drug-likeness (QED) is 0.726. The molecule has 1 rings (SSSR count). The molecule has 0 spiro atoms. The number of thioether (sulfide) groups is 1. The average Bonchev–Trinajstić information content (AvgIpc) is 2.39. The van der Waals surface area contributed by atoms with E-state index in [4.69, 9.17) is 5.73 Å². The van der Waals surface area contributed by atoms with Crippen molar-refractivity contribution in [2.45, 2.75) is 37.6 Å². The van der Waals surface area contributed by atoms with E-state index >= 15 is 0 Å². The summed E-state index contributed by atoms with van der Waals surface area (Å²) in [7, 11) is 0. The molecule has 1 aromatic carbocycles. The highest BCUT2D eigenvalue weighted by molar-refractivity contribution is 7.99. The van der Waals surface area contributed by atoms with Gasteiger partial charge in [-0.2, -0.15) is 0 Å². The van der Waals surface area contributed by atoms with Crippen molar-refractivity contribution in [3.8, 4) is 0 Å². The normalized spacial score (nSPS) is 12.4. The van der Waals surface area contributed by atoms with Gasteiger partial charge in [-0.3, -0.25) is 4.79 Å². The molecule has 3 nitrogen and oxygen atoms in total. The van der Waals surface area contributed by atoms with Crippen molar-refractivity contribution in [3.63, 3.8) is 0 Å². The maximum atomic E-state index is 13.4. The maximum Gasteiger partial charge on any atom is 0.221 e. The summed E-state index contributed by atoms with van der Waals surface area (Å²) >= 11 is 1.36. The molecule has 0 aliphatic carbocycles. The largest absolute Gasteiger partial charge is 0.352 e. The van der Waals surface area contributed by atoms with Crippen LogP contribution in [0, 0.1) is 11.7 Å². The summed E-state index contributed by atoms with van der Waals surface area (Å²) in [5, 5.41) is 2.93. The Morgan fingerprint density at radius 1 is 1.40 bits per heavy atom. The van der Waals surface area contributed by atoms with Crippen LogP contribution in [0.3, 0.4) is 0 Å². The first-order chi connectivity index (χ1) is 9.52. The molecule has 0 aromatic heterocycles. The minimum atomic E-state index is -0.238. The summed E-state index contributed by atoms with van der Waals surface area (Å²) < 4.78 is 13.4. The zero-order chi connectivity index (χ0) is 15.0. The van der Waals surface area contributed by atoms with Gasteiger partial charge < -0.3 is 11.1 Å². The van der Waals surface area contributed by atoms with Crippen molar-refractivity contribution in [2.75, 3.05) is 12.3 Å². The number of carbonyl (C=O) groups is 1. The van der Waals surface area contributed by atoms with Gasteiger partial charge in [-0.25, -0.2) is 4.39 Å². The molecule has 0 radical (unpaired) electrons. The van der Waals surface area contributed by atoms with E-state index < -0.39 is 0 Å². The van der Waals surface area contributed by atoms with Gasteiger partial charge in [0.05, 0.1) is 0 Å². The Bertz CT molecular complexity index is 426. The molecule has 1 amide bonds. The van der Waals surface area contributed by atoms with Crippen molar-refractivity contribution < 1.29 is 9.18 Å². The van der Waals surface area contributed by atoms with Gasteiger partial charge in [0.15, 0.2) is 0 Å². The molecule has 0 heterocycles. The van der Waals surface area contributed by atoms with Gasteiger partial charge in [-0.05, 0) is 24.5 Å². The Morgan fingerprint density at radius 3 is 2.70 bits per heavy atom. The number of carbonyl (C=O) groups excluding carboxylic acids is 1. The van der Waals surface area contributed by atoms with Gasteiger partial charge in [0.1, 0.15) is 5.82 Å². The lowest BCUT2D eigenvalue weighted by molar-refractivity contribution is -0.121. The average molecular weight is 298 g/mol. The summed E-state index contributed by atoms with van der Waals surface area (Å²) in [6, 6.07) is 6.62. The predicted molar refractivity (Wildman–Crippen MR) is 82.2 cm³/mol. The van der Waals surface area contributed by atoms with Gasteiger partial charge in [-0.15, -0.1) is 11.8 Å². The standard InChI is InChI=1S/C15H23FN2OS/c1-11(2)9-12(10-17)18-15(19)7-8-20-14-6-4-3-5-13(14)16/h3-6,11-12H,7-10,17H2,1-2H3,(H,18,19). The fourth-order valence-electron chi connectivity index (χ4n) is 1.90. The van der Waals surface area contributed by atoms with E-state index in [9.17, 15) is 9.18 Å². The molecule has 0 aliphatic heterocycles. The monoisotopic (exact) mass is 298 g/mol. The molecule has 0 fully saturated rings. The van der Waals surface area contributed by atoms with Crippen molar-refractivity contribution in [2.24, 2.45) is 11.7 Å². The molecule has 0 saturated heterocycles. The Kier molecular flexibility index (Phi) is 7.62. The Balaban J connectivity index is 2.31. The van der Waals surface area contributed by atoms with E-state index in [0.29, 0.717) is 29.5 Å². The summed E-state index contributed by atoms with van der Waals surface area (Å²) in [4.78, 5) is 12.4. The Morgan fingerprint density at radius 2 is 2.10 bits per heavy atom. The van der Waals surface area contributed by atoms with Crippen molar-refractivity contribution >= 4 is 17.7 Å². The third-order valence-electron chi connectivity index (χ3n) is 2.83. The predicted octanol–water partition coefficient (Wildman–Crippen LogP) is 2.80. The molecule has 0 bridgehead atoms. The molecule has 0 saturated carbocycles. The van der Waals surface area contributed by atoms with Crippen molar-refractivity contribution in [1.82, 2.24) is 5.32 Å². The van der Waals surface area contributed by atoms with Gasteiger partial charge in [0.25, 0.3) is 0 Å². The fourth-order valence-corrected chi connectivity index (χ4v) is 2.79. The first-order valence-electron chi connectivity index (χ1n) is 6.89. The highest BCUT2D eigenvalue weighted by Crippen LogP contribution is 2.21. The second kappa shape index (κ2) is 8.97. The van der Waals surface area contributed by atoms with Gasteiger partial charge in [0, 0.05) is 29.7 Å². The third kappa shape index (κ3) is 6.39. The Hall–Kier alpha value is -1.07. The van der Waals surface area contributed by atoms with Crippen molar-refractivity contribution in [1.29, 1.82) is 0 Å². The maximum absolute atomic E-state index is 13.4. The summed E-state index contributed by atoms with van der Waals surface area (Å²) in [6.45, 7) is 4.65. The molecule has 0 aliphatic rings. The number of amides is 1. The van der Waals surface area contributed by atoms with Crippen LogP contribution < -0.4 is 11.1 Å². The van der Waals surface area contributed by atoms with Gasteiger partial charge >= 0.3 is 0 Å². The van der Waals surface area contributed by atoms with E-state index in [2.05, 4.69) is 19.2 Å². The van der Waals surface area contributed by atoms with Crippen LogP contribution in [0.15, 0.2) is 29.2 Å². The van der Waals surface area contributed by atoms with Crippen LogP contribution in [0.4, 0.5) is 4.39 Å². The van der Waals surface area contributed by atoms with Gasteiger partial charge in [-0.1, -0.05) is 26.0 Å². The van der Waals surface area contributed by atoms with Crippen LogP contribution in [-0.4, -0.2) is 24.2 Å². The van der Waals surface area contributed by atoms with Gasteiger partial charge in [0.2, 0.25) is 5.91 Å². The number of nitrogens with two attached hydrogens (primary N) is 1. The third-order valence-corrected chi connectivity index (χ3v) is 3.88. The zero-order valence-corrected chi connectivity index (χ0v) is 12.9. The molecule has 112 valence electrons. The SMILES string of the molecule is CC(C)CC(CN)NC(=O)CCSc1ccccc1F. The number of halogens is 1. The smallest absolute Gasteiger partial charge is 0.221 e. The Labute approximate surface area is 124 Å². The van der Waals surface area contributed by atoms with E-state index in [1.54, 1.807) is 18.2 Å². The fraction of sp³-hybridized carbons (Fsp3) is 0.533. The topological polar surface area (TPSA) is 55.1 Å². The molecule has 1 unspecified atom stereocenters. The molecular weight excluding hydrogens is 275 g/mol. The first-order valence-corrected chi connectivity index (χ1v) is 7.88. The summed E-state index contributed by atoms with van der Waals surface area (Å²) in [5.41, 5.74) is 5.64. The van der Waals surface area contributed by atoms with Crippen LogP contribution in [0.2, 0.25) is 0 Å². The number of benzene rings is 1. The minimum absolute atomic E-state index is 0.0232. The zero-order valence-electron chi connectivity index (χ0n) is 12.1. The lowest BCUT2D eigenvalue weighted by Crippen LogP contribution is -2.41. The van der Waals surface area contributed by atoms with E-state index in [1.807, 2.05) is 0 Å². The number of nitrogens with one attached hydrogen (secondary N) is 1. The van der Waals surface area contributed by atoms with Crippen molar-refractivity contribution in [3.05, 3.63) is 30.1 Å². The highest BCUT2D eigenvalue weighted by Gasteiger charge is 2.12. The minimum Gasteiger partial charge on any atom is -0.352 e. The second-order valence-electron chi connectivity index (χ2n) is 5.16. The number of hydrogen-bond donors (Lipinski definition) is 2. The van der Waals surface area contributed by atoms with Crippen LogP contribution in [0.5, 0.6) is 0 Å². The molecule has 5 heteroatoms. The van der Waals surface area contributed by atoms with Crippen LogP contribution >= 0.6 is 11.8 Å². The van der Waals surface area contributed by atoms with E-state index in [0.717, 1.165) is 6.42 Å². The number of hydrogen-bond acceptors (Lipinski definition) is 3. The molecule has 20 heavy (non-hydrogen) atoms. The number of rotatable bonds is 8.